The molecule has 0 bridgehead atoms. The number of aromatic nitrogens is 5. The Bertz CT molecular complexity index is 709. The van der Waals surface area contributed by atoms with Gasteiger partial charge in [-0.1, -0.05) is 0 Å². The Morgan fingerprint density at radius 2 is 2.25 bits per heavy atom. The summed E-state index contributed by atoms with van der Waals surface area (Å²) < 4.78 is 7.91. The van der Waals surface area contributed by atoms with Crippen molar-refractivity contribution in [3.8, 4) is 17.5 Å². The maximum atomic E-state index is 5.40. The highest BCUT2D eigenvalue weighted by Crippen LogP contribution is 2.27. The van der Waals surface area contributed by atoms with Gasteiger partial charge in [0, 0.05) is 18.9 Å². The lowest BCUT2D eigenvalue weighted by atomic mass is 10.4. The van der Waals surface area contributed by atoms with E-state index in [9.17, 15) is 0 Å². The molecular formula is C12H11BrN6O. The minimum atomic E-state index is 0.455. The molecule has 20 heavy (non-hydrogen) atoms. The van der Waals surface area contributed by atoms with Crippen LogP contribution in [0, 0.1) is 0 Å². The van der Waals surface area contributed by atoms with Crippen LogP contribution in [-0.2, 0) is 0 Å². The quantitative estimate of drug-likeness (QED) is 0.789. The van der Waals surface area contributed by atoms with E-state index in [1.54, 1.807) is 35.6 Å². The van der Waals surface area contributed by atoms with Gasteiger partial charge in [0.05, 0.1) is 10.7 Å². The van der Waals surface area contributed by atoms with E-state index in [1.807, 2.05) is 6.92 Å². The molecule has 0 fully saturated rings. The van der Waals surface area contributed by atoms with Gasteiger partial charge in [0.15, 0.2) is 5.76 Å². The molecule has 0 aromatic carbocycles. The van der Waals surface area contributed by atoms with Gasteiger partial charge in [0.25, 0.3) is 0 Å². The molecule has 3 aromatic heterocycles. The van der Waals surface area contributed by atoms with Crippen molar-refractivity contribution in [3.63, 3.8) is 0 Å². The largest absolute Gasteiger partial charge is 0.460 e. The summed E-state index contributed by atoms with van der Waals surface area (Å²) in [5, 5.41) is 3.08. The van der Waals surface area contributed by atoms with E-state index in [2.05, 4.69) is 41.2 Å². The van der Waals surface area contributed by atoms with E-state index in [4.69, 9.17) is 4.42 Å². The number of nitrogens with one attached hydrogen (secondary N) is 1. The Kier molecular flexibility index (Phi) is 3.46. The lowest BCUT2D eigenvalue weighted by Gasteiger charge is -2.07. The number of halogens is 1. The molecule has 0 radical (unpaired) electrons. The van der Waals surface area contributed by atoms with Gasteiger partial charge in [-0.2, -0.15) is 15.0 Å². The van der Waals surface area contributed by atoms with Crippen LogP contribution in [0.4, 0.5) is 5.95 Å². The average Bonchev–Trinajstić information content (AvgIpc) is 3.09. The van der Waals surface area contributed by atoms with E-state index in [1.165, 1.54) is 0 Å². The molecule has 0 spiro atoms. The van der Waals surface area contributed by atoms with Gasteiger partial charge in [-0.25, -0.2) is 4.98 Å². The van der Waals surface area contributed by atoms with Crippen molar-refractivity contribution in [2.75, 3.05) is 11.9 Å². The topological polar surface area (TPSA) is 81.7 Å². The molecule has 0 aliphatic heterocycles. The maximum Gasteiger partial charge on any atom is 0.240 e. The standard InChI is InChI=1S/C12H11BrN6O/c1-2-15-11-16-10(9-8(13)3-6-20-9)17-12(18-11)19-5-4-14-7-19/h3-7H,2H2,1H3,(H,15,16,17,18). The Morgan fingerprint density at radius 3 is 2.90 bits per heavy atom. The normalized spacial score (nSPS) is 10.7. The summed E-state index contributed by atoms with van der Waals surface area (Å²) in [7, 11) is 0. The van der Waals surface area contributed by atoms with Crippen molar-refractivity contribution in [1.29, 1.82) is 0 Å². The number of furan rings is 1. The van der Waals surface area contributed by atoms with E-state index in [0.717, 1.165) is 4.47 Å². The average molecular weight is 335 g/mol. The first-order valence-electron chi connectivity index (χ1n) is 5.99. The summed E-state index contributed by atoms with van der Waals surface area (Å²) in [5.41, 5.74) is 0. The first-order valence-corrected chi connectivity index (χ1v) is 6.79. The van der Waals surface area contributed by atoms with Crippen LogP contribution in [0.15, 0.2) is 39.9 Å². The third-order valence-corrected chi connectivity index (χ3v) is 3.14. The molecule has 8 heteroatoms. The second-order valence-electron chi connectivity index (χ2n) is 3.88. The summed E-state index contributed by atoms with van der Waals surface area (Å²) in [5.74, 6) is 1.99. The maximum absolute atomic E-state index is 5.40. The molecule has 1 N–H and O–H groups in total. The molecule has 0 saturated carbocycles. The van der Waals surface area contributed by atoms with Crippen LogP contribution >= 0.6 is 15.9 Å². The predicted octanol–water partition coefficient (Wildman–Crippen LogP) is 2.51. The van der Waals surface area contributed by atoms with Gasteiger partial charge in [-0.05, 0) is 28.9 Å². The fraction of sp³-hybridized carbons (Fsp3) is 0.167. The number of rotatable bonds is 4. The Morgan fingerprint density at radius 1 is 1.35 bits per heavy atom. The van der Waals surface area contributed by atoms with Crippen molar-refractivity contribution in [3.05, 3.63) is 35.5 Å². The van der Waals surface area contributed by atoms with E-state index >= 15 is 0 Å². The van der Waals surface area contributed by atoms with Crippen LogP contribution < -0.4 is 5.32 Å². The minimum absolute atomic E-state index is 0.455. The fourth-order valence-electron chi connectivity index (χ4n) is 1.65. The minimum Gasteiger partial charge on any atom is -0.460 e. The SMILES string of the molecule is CCNc1nc(-c2occc2Br)nc(-n2ccnc2)n1. The number of hydrogen-bond donors (Lipinski definition) is 1. The summed E-state index contributed by atoms with van der Waals surface area (Å²) in [6, 6.07) is 1.79. The van der Waals surface area contributed by atoms with E-state index < -0.39 is 0 Å². The zero-order chi connectivity index (χ0) is 13.9. The van der Waals surface area contributed by atoms with Crippen LogP contribution in [0.3, 0.4) is 0 Å². The third kappa shape index (κ3) is 2.42. The Labute approximate surface area is 123 Å². The lowest BCUT2D eigenvalue weighted by Crippen LogP contribution is -2.09. The van der Waals surface area contributed by atoms with Crippen molar-refractivity contribution < 1.29 is 4.42 Å². The van der Waals surface area contributed by atoms with Crippen molar-refractivity contribution in [2.24, 2.45) is 0 Å². The van der Waals surface area contributed by atoms with Crippen LogP contribution in [0.5, 0.6) is 0 Å². The smallest absolute Gasteiger partial charge is 0.240 e. The first kappa shape index (κ1) is 12.8. The predicted molar refractivity (Wildman–Crippen MR) is 76.5 cm³/mol. The van der Waals surface area contributed by atoms with Crippen molar-refractivity contribution in [2.45, 2.75) is 6.92 Å². The zero-order valence-corrected chi connectivity index (χ0v) is 12.2. The Balaban J connectivity index is 2.12. The van der Waals surface area contributed by atoms with Crippen LogP contribution in [0.2, 0.25) is 0 Å². The molecule has 7 nitrogen and oxygen atoms in total. The van der Waals surface area contributed by atoms with Crippen molar-refractivity contribution >= 4 is 21.9 Å². The summed E-state index contributed by atoms with van der Waals surface area (Å²) in [6.45, 7) is 2.69. The summed E-state index contributed by atoms with van der Waals surface area (Å²) in [4.78, 5) is 17.1. The second-order valence-corrected chi connectivity index (χ2v) is 4.73. The first-order chi connectivity index (χ1) is 9.78. The van der Waals surface area contributed by atoms with Gasteiger partial charge in [-0.15, -0.1) is 0 Å². The number of imidazole rings is 1. The van der Waals surface area contributed by atoms with Gasteiger partial charge in [-0.3, -0.25) is 4.57 Å². The van der Waals surface area contributed by atoms with Gasteiger partial charge < -0.3 is 9.73 Å². The van der Waals surface area contributed by atoms with Crippen LogP contribution in [-0.4, -0.2) is 31.0 Å². The lowest BCUT2D eigenvalue weighted by molar-refractivity contribution is 0.575. The molecule has 0 aliphatic rings. The molecule has 0 unspecified atom stereocenters. The highest BCUT2D eigenvalue weighted by Gasteiger charge is 2.14. The van der Waals surface area contributed by atoms with Crippen LogP contribution in [0.25, 0.3) is 17.5 Å². The number of hydrogen-bond acceptors (Lipinski definition) is 6. The second kappa shape index (κ2) is 5.41. The molecule has 0 atom stereocenters. The molecule has 102 valence electrons. The molecule has 0 saturated heterocycles. The number of nitrogens with zero attached hydrogens (tertiary/aromatic N) is 5. The molecule has 0 amide bonds. The van der Waals surface area contributed by atoms with Crippen molar-refractivity contribution in [1.82, 2.24) is 24.5 Å². The van der Waals surface area contributed by atoms with Gasteiger partial charge in [0.2, 0.25) is 17.7 Å². The molecular weight excluding hydrogens is 324 g/mol. The Hall–Kier alpha value is -2.22. The van der Waals surface area contributed by atoms with Crippen LogP contribution in [0.1, 0.15) is 6.92 Å². The van der Waals surface area contributed by atoms with Gasteiger partial charge in [0.1, 0.15) is 6.33 Å². The third-order valence-electron chi connectivity index (χ3n) is 2.51. The number of anilines is 1. The monoisotopic (exact) mass is 334 g/mol. The molecule has 3 heterocycles. The highest BCUT2D eigenvalue weighted by molar-refractivity contribution is 9.10. The van der Waals surface area contributed by atoms with Gasteiger partial charge >= 0.3 is 0 Å². The fourth-order valence-corrected chi connectivity index (χ4v) is 2.03. The summed E-state index contributed by atoms with van der Waals surface area (Å²) >= 11 is 3.41. The highest BCUT2D eigenvalue weighted by atomic mass is 79.9. The molecule has 3 aromatic rings. The van der Waals surface area contributed by atoms with E-state index in [0.29, 0.717) is 30.0 Å². The van der Waals surface area contributed by atoms with E-state index in [-0.39, 0.29) is 0 Å². The summed E-state index contributed by atoms with van der Waals surface area (Å²) in [6.07, 6.45) is 6.64. The molecule has 3 rings (SSSR count). The molecule has 0 aliphatic carbocycles. The zero-order valence-electron chi connectivity index (χ0n) is 10.6.